The Hall–Kier alpha value is -0.730. The summed E-state index contributed by atoms with van der Waals surface area (Å²) in [6.07, 6.45) is 1.44. The number of hydrogen-bond donors (Lipinski definition) is 0. The van der Waals surface area contributed by atoms with Crippen LogP contribution in [0.25, 0.3) is 0 Å². The second-order valence-electron chi connectivity index (χ2n) is 1.90. The maximum Gasteiger partial charge on any atom is 0.264 e. The molecule has 1 nitrogen and oxygen atoms in total. The van der Waals surface area contributed by atoms with Crippen molar-refractivity contribution in [2.45, 2.75) is 19.8 Å². The Labute approximate surface area is 52.4 Å². The van der Waals surface area contributed by atoms with Gasteiger partial charge in [-0.3, -0.25) is 4.79 Å². The van der Waals surface area contributed by atoms with Crippen LogP contribution in [0.3, 0.4) is 0 Å². The average Bonchev–Trinajstić information content (AvgIpc) is 1.59. The fourth-order valence-electron chi connectivity index (χ4n) is 0.264. The van der Waals surface area contributed by atoms with Crippen molar-refractivity contribution in [2.24, 2.45) is 0 Å². The fourth-order valence-corrected chi connectivity index (χ4v) is 0.264. The van der Waals surface area contributed by atoms with Crippen molar-refractivity contribution in [3.63, 3.8) is 0 Å². The van der Waals surface area contributed by atoms with Crippen LogP contribution in [0.15, 0.2) is 12.2 Å². The summed E-state index contributed by atoms with van der Waals surface area (Å²) in [5.41, 5.74) is 0. The highest BCUT2D eigenvalue weighted by atomic mass is 19.3. The Bertz CT molecular complexity index is 132. The topological polar surface area (TPSA) is 17.1 Å². The Balaban J connectivity index is 3.86. The number of hydrogen-bond acceptors (Lipinski definition) is 1. The molecule has 0 saturated heterocycles. The first-order valence-electron chi connectivity index (χ1n) is 2.49. The third kappa shape index (κ3) is 7.27. The summed E-state index contributed by atoms with van der Waals surface area (Å²) in [6.45, 7) is 1.95. The van der Waals surface area contributed by atoms with Crippen molar-refractivity contribution in [3.8, 4) is 0 Å². The number of carbonyl (C=O) groups excluding carboxylic acids is 1. The Morgan fingerprint density at radius 1 is 1.56 bits per heavy atom. The van der Waals surface area contributed by atoms with Gasteiger partial charge in [-0.05, 0) is 19.1 Å². The zero-order chi connectivity index (χ0) is 7.49. The van der Waals surface area contributed by atoms with Crippen LogP contribution in [0.4, 0.5) is 8.78 Å². The molecule has 0 aromatic rings. The van der Waals surface area contributed by atoms with Crippen molar-refractivity contribution in [1.82, 2.24) is 0 Å². The van der Waals surface area contributed by atoms with E-state index in [4.69, 9.17) is 0 Å². The standard InChI is InChI=1S/C6H8F2O/c1-5(9)3-4-6(2,7)8/h3-4H,1-2H3/b4-3+. The molecule has 0 bridgehead atoms. The van der Waals surface area contributed by atoms with Gasteiger partial charge < -0.3 is 0 Å². The Kier molecular flexibility index (Phi) is 2.49. The molecule has 0 radical (unpaired) electrons. The normalized spacial score (nSPS) is 12.4. The molecule has 0 unspecified atom stereocenters. The molecule has 52 valence electrons. The molecule has 0 aliphatic heterocycles. The molecule has 0 saturated carbocycles. The maximum absolute atomic E-state index is 11.8. The van der Waals surface area contributed by atoms with Gasteiger partial charge in [0.25, 0.3) is 5.92 Å². The molecule has 0 spiro atoms. The Morgan fingerprint density at radius 2 is 2.00 bits per heavy atom. The van der Waals surface area contributed by atoms with Gasteiger partial charge in [-0.25, -0.2) is 8.78 Å². The second-order valence-corrected chi connectivity index (χ2v) is 1.90. The van der Waals surface area contributed by atoms with Gasteiger partial charge in [0.05, 0.1) is 0 Å². The van der Waals surface area contributed by atoms with Crippen molar-refractivity contribution in [1.29, 1.82) is 0 Å². The molecule has 0 aromatic heterocycles. The zero-order valence-electron chi connectivity index (χ0n) is 5.32. The summed E-state index contributed by atoms with van der Waals surface area (Å²) < 4.78 is 23.7. The number of alkyl halides is 2. The summed E-state index contributed by atoms with van der Waals surface area (Å²) in [6, 6.07) is 0. The predicted molar refractivity (Wildman–Crippen MR) is 30.4 cm³/mol. The van der Waals surface area contributed by atoms with E-state index in [0.717, 1.165) is 13.0 Å². The van der Waals surface area contributed by atoms with Crippen molar-refractivity contribution in [2.75, 3.05) is 0 Å². The van der Waals surface area contributed by atoms with Crippen LogP contribution >= 0.6 is 0 Å². The summed E-state index contributed by atoms with van der Waals surface area (Å²) in [5, 5.41) is 0. The van der Waals surface area contributed by atoms with Gasteiger partial charge >= 0.3 is 0 Å². The van der Waals surface area contributed by atoms with Crippen molar-refractivity contribution >= 4 is 5.78 Å². The second kappa shape index (κ2) is 2.71. The molecule has 0 atom stereocenters. The van der Waals surface area contributed by atoms with Gasteiger partial charge in [0, 0.05) is 6.92 Å². The van der Waals surface area contributed by atoms with Gasteiger partial charge in [0.2, 0.25) is 0 Å². The van der Waals surface area contributed by atoms with Gasteiger partial charge in [-0.15, -0.1) is 0 Å². The van der Waals surface area contributed by atoms with E-state index in [9.17, 15) is 13.6 Å². The molecule has 0 rings (SSSR count). The molecule has 0 heterocycles. The molecule has 0 aromatic carbocycles. The van der Waals surface area contributed by atoms with E-state index in [-0.39, 0.29) is 5.78 Å². The van der Waals surface area contributed by atoms with E-state index in [0.29, 0.717) is 6.08 Å². The van der Waals surface area contributed by atoms with Crippen LogP contribution in [0.5, 0.6) is 0 Å². The predicted octanol–water partition coefficient (Wildman–Crippen LogP) is 1.79. The van der Waals surface area contributed by atoms with E-state index in [2.05, 4.69) is 0 Å². The van der Waals surface area contributed by atoms with Crippen LogP contribution < -0.4 is 0 Å². The Morgan fingerprint density at radius 3 is 2.11 bits per heavy atom. The van der Waals surface area contributed by atoms with E-state index < -0.39 is 5.92 Å². The van der Waals surface area contributed by atoms with Crippen LogP contribution in [0.2, 0.25) is 0 Å². The molecule has 3 heteroatoms. The highest BCUT2D eigenvalue weighted by Gasteiger charge is 2.14. The van der Waals surface area contributed by atoms with Gasteiger partial charge in [-0.1, -0.05) is 0 Å². The number of halogens is 2. The van der Waals surface area contributed by atoms with E-state index in [1.54, 1.807) is 0 Å². The van der Waals surface area contributed by atoms with Crippen LogP contribution in [0, 0.1) is 0 Å². The third-order valence-electron chi connectivity index (χ3n) is 0.611. The molecular weight excluding hydrogens is 126 g/mol. The van der Waals surface area contributed by atoms with Crippen LogP contribution in [-0.2, 0) is 4.79 Å². The van der Waals surface area contributed by atoms with E-state index >= 15 is 0 Å². The fraction of sp³-hybridized carbons (Fsp3) is 0.500. The molecule has 0 aliphatic carbocycles. The summed E-state index contributed by atoms with van der Waals surface area (Å²) in [5.74, 6) is -3.23. The minimum absolute atomic E-state index is 0.364. The lowest BCUT2D eigenvalue weighted by atomic mass is 10.3. The first-order valence-corrected chi connectivity index (χ1v) is 2.49. The number of rotatable bonds is 2. The summed E-state index contributed by atoms with van der Waals surface area (Å²) >= 11 is 0. The average molecular weight is 134 g/mol. The smallest absolute Gasteiger partial charge is 0.264 e. The first kappa shape index (κ1) is 8.27. The number of ketones is 1. The number of carbonyl (C=O) groups is 1. The van der Waals surface area contributed by atoms with Crippen molar-refractivity contribution < 1.29 is 13.6 Å². The molecule has 9 heavy (non-hydrogen) atoms. The first-order chi connectivity index (χ1) is 3.92. The monoisotopic (exact) mass is 134 g/mol. The summed E-state index contributed by atoms with van der Waals surface area (Å²) in [7, 11) is 0. The molecule has 0 aliphatic rings. The van der Waals surface area contributed by atoms with Crippen molar-refractivity contribution in [3.05, 3.63) is 12.2 Å². The summed E-state index contributed by atoms with van der Waals surface area (Å²) in [4.78, 5) is 10.1. The quantitative estimate of drug-likeness (QED) is 0.526. The SMILES string of the molecule is CC(=O)/C=C/C(C)(F)F. The lowest BCUT2D eigenvalue weighted by Crippen LogP contribution is -2.04. The highest BCUT2D eigenvalue weighted by Crippen LogP contribution is 2.12. The highest BCUT2D eigenvalue weighted by molar-refractivity contribution is 5.87. The molecule has 0 fully saturated rings. The molecular formula is C6H8F2O. The van der Waals surface area contributed by atoms with Gasteiger partial charge in [-0.2, -0.15) is 0 Å². The number of allylic oxidation sites excluding steroid dienone is 2. The van der Waals surface area contributed by atoms with Gasteiger partial charge in [0.1, 0.15) is 0 Å². The van der Waals surface area contributed by atoms with Crippen LogP contribution in [0.1, 0.15) is 13.8 Å². The van der Waals surface area contributed by atoms with Gasteiger partial charge in [0.15, 0.2) is 5.78 Å². The molecule has 0 amide bonds. The van der Waals surface area contributed by atoms with E-state index in [1.165, 1.54) is 6.92 Å². The van der Waals surface area contributed by atoms with Crippen LogP contribution in [-0.4, -0.2) is 11.7 Å². The lowest BCUT2D eigenvalue weighted by Gasteiger charge is -1.99. The minimum atomic E-state index is -2.87. The lowest BCUT2D eigenvalue weighted by molar-refractivity contribution is -0.112. The third-order valence-corrected chi connectivity index (χ3v) is 0.611. The largest absolute Gasteiger partial charge is 0.295 e. The zero-order valence-corrected chi connectivity index (χ0v) is 5.32. The molecule has 0 N–H and O–H groups in total. The van der Waals surface area contributed by atoms with E-state index in [1.807, 2.05) is 0 Å². The minimum Gasteiger partial charge on any atom is -0.295 e. The maximum atomic E-state index is 11.8.